The van der Waals surface area contributed by atoms with Crippen molar-refractivity contribution in [3.63, 3.8) is 0 Å². The van der Waals surface area contributed by atoms with Crippen LogP contribution in [-0.2, 0) is 9.53 Å². The number of carbonyl (C=O) groups is 2. The standard InChI is InChI=1S/C25H37ClN4O4/c1-34-20-10-11-22(27-14-20)21-15-30(24(32)16-2-8-19(31)9-3-16)13-12-23(21)29-25(33)28-18-6-4-17(26)5-7-18/h4-7,16,19-23,27,31H,2-3,8-15H2,1H3,(H2,28,29,33). The normalized spacial score (nSPS) is 32.1. The lowest BCUT2D eigenvalue weighted by molar-refractivity contribution is -0.139. The SMILES string of the molecule is COC1CCC(C2CN(C(=O)C3CCC(O)CC3)CCC2NC(=O)Nc2ccc(Cl)cc2)NC1. The predicted octanol–water partition coefficient (Wildman–Crippen LogP) is 3.00. The van der Waals surface area contributed by atoms with Crippen LogP contribution >= 0.6 is 11.6 Å². The summed E-state index contributed by atoms with van der Waals surface area (Å²) in [7, 11) is 1.74. The van der Waals surface area contributed by atoms with Crippen LogP contribution in [0.1, 0.15) is 44.9 Å². The molecule has 3 aliphatic rings. The van der Waals surface area contributed by atoms with Gasteiger partial charge < -0.3 is 30.7 Å². The minimum absolute atomic E-state index is 0.000973. The van der Waals surface area contributed by atoms with Crippen LogP contribution < -0.4 is 16.0 Å². The summed E-state index contributed by atoms with van der Waals surface area (Å²) in [6, 6.07) is 6.95. The van der Waals surface area contributed by atoms with Gasteiger partial charge in [0.2, 0.25) is 5.91 Å². The molecule has 3 fully saturated rings. The van der Waals surface area contributed by atoms with Gasteiger partial charge in [0.1, 0.15) is 0 Å². The van der Waals surface area contributed by atoms with Crippen LogP contribution in [0.15, 0.2) is 24.3 Å². The highest BCUT2D eigenvalue weighted by molar-refractivity contribution is 6.30. The second-order valence-corrected chi connectivity index (χ2v) is 10.3. The molecular formula is C25H37ClN4O4. The van der Waals surface area contributed by atoms with E-state index in [4.69, 9.17) is 16.3 Å². The molecule has 0 radical (unpaired) electrons. The second kappa shape index (κ2) is 11.7. The highest BCUT2D eigenvalue weighted by Gasteiger charge is 2.40. The van der Waals surface area contributed by atoms with Crippen LogP contribution in [-0.4, -0.2) is 73.0 Å². The molecule has 2 heterocycles. The lowest BCUT2D eigenvalue weighted by Crippen LogP contribution is -2.61. The van der Waals surface area contributed by atoms with Gasteiger partial charge in [-0.2, -0.15) is 0 Å². The number of ether oxygens (including phenoxy) is 1. The summed E-state index contributed by atoms with van der Waals surface area (Å²) in [5.41, 5.74) is 0.685. The summed E-state index contributed by atoms with van der Waals surface area (Å²) in [4.78, 5) is 28.1. The van der Waals surface area contributed by atoms with Gasteiger partial charge in [0, 0.05) is 61.4 Å². The number of hydrogen-bond acceptors (Lipinski definition) is 5. The number of methoxy groups -OCH3 is 1. The molecule has 0 bridgehead atoms. The van der Waals surface area contributed by atoms with Gasteiger partial charge in [-0.1, -0.05) is 11.6 Å². The smallest absolute Gasteiger partial charge is 0.319 e. The quantitative estimate of drug-likeness (QED) is 0.506. The minimum atomic E-state index is -0.272. The molecule has 2 saturated heterocycles. The first-order valence-corrected chi connectivity index (χ1v) is 12.9. The molecule has 34 heavy (non-hydrogen) atoms. The number of hydrogen-bond donors (Lipinski definition) is 4. The monoisotopic (exact) mass is 492 g/mol. The molecule has 1 aromatic rings. The molecule has 3 amide bonds. The van der Waals surface area contributed by atoms with Crippen molar-refractivity contribution in [2.24, 2.45) is 11.8 Å². The molecule has 2 aliphatic heterocycles. The molecule has 9 heteroatoms. The molecule has 4 atom stereocenters. The van der Waals surface area contributed by atoms with E-state index in [1.54, 1.807) is 31.4 Å². The average Bonchev–Trinajstić information content (AvgIpc) is 2.86. The number of amides is 3. The van der Waals surface area contributed by atoms with Crippen molar-refractivity contribution in [3.8, 4) is 0 Å². The Kier molecular flexibility index (Phi) is 8.69. The van der Waals surface area contributed by atoms with Gasteiger partial charge in [0.15, 0.2) is 0 Å². The van der Waals surface area contributed by atoms with Crippen LogP contribution in [0.25, 0.3) is 0 Å². The van der Waals surface area contributed by atoms with Gasteiger partial charge >= 0.3 is 6.03 Å². The number of aliphatic hydroxyl groups excluding tert-OH is 1. The van der Waals surface area contributed by atoms with Crippen LogP contribution in [0, 0.1) is 11.8 Å². The Morgan fingerprint density at radius 1 is 1.09 bits per heavy atom. The lowest BCUT2D eigenvalue weighted by atomic mass is 9.80. The molecule has 4 rings (SSSR count). The Hall–Kier alpha value is -1.87. The van der Waals surface area contributed by atoms with Gasteiger partial charge in [0.05, 0.1) is 12.2 Å². The predicted molar refractivity (Wildman–Crippen MR) is 132 cm³/mol. The number of rotatable bonds is 5. The summed E-state index contributed by atoms with van der Waals surface area (Å²) in [6.07, 6.45) is 5.45. The fourth-order valence-corrected chi connectivity index (χ4v) is 5.76. The minimum Gasteiger partial charge on any atom is -0.393 e. The number of likely N-dealkylation sites (tertiary alicyclic amines) is 1. The number of benzene rings is 1. The first-order chi connectivity index (χ1) is 16.4. The number of aliphatic hydroxyl groups is 1. The molecule has 0 spiro atoms. The van der Waals surface area contributed by atoms with Crippen LogP contribution in [0.2, 0.25) is 5.02 Å². The van der Waals surface area contributed by atoms with E-state index in [-0.39, 0.29) is 48.1 Å². The van der Waals surface area contributed by atoms with Crippen molar-refractivity contribution in [1.82, 2.24) is 15.5 Å². The largest absolute Gasteiger partial charge is 0.393 e. The van der Waals surface area contributed by atoms with E-state index in [9.17, 15) is 14.7 Å². The second-order valence-electron chi connectivity index (χ2n) is 9.90. The number of halogens is 1. The number of nitrogens with zero attached hydrogens (tertiary/aromatic N) is 1. The number of nitrogens with one attached hydrogen (secondary N) is 3. The van der Waals surface area contributed by atoms with Crippen molar-refractivity contribution in [1.29, 1.82) is 0 Å². The van der Waals surface area contributed by atoms with Gasteiger partial charge in [-0.3, -0.25) is 4.79 Å². The summed E-state index contributed by atoms with van der Waals surface area (Å²) >= 11 is 5.94. The third-order valence-electron chi connectivity index (χ3n) is 7.69. The van der Waals surface area contributed by atoms with Crippen LogP contribution in [0.3, 0.4) is 0 Å². The zero-order valence-corrected chi connectivity index (χ0v) is 20.6. The zero-order valence-electron chi connectivity index (χ0n) is 19.8. The van der Waals surface area contributed by atoms with E-state index in [0.717, 1.165) is 32.2 Å². The van der Waals surface area contributed by atoms with Crippen molar-refractivity contribution >= 4 is 29.2 Å². The third-order valence-corrected chi connectivity index (χ3v) is 7.94. The topological polar surface area (TPSA) is 103 Å². The highest BCUT2D eigenvalue weighted by atomic mass is 35.5. The molecule has 188 valence electrons. The van der Waals surface area contributed by atoms with Crippen LogP contribution in [0.4, 0.5) is 10.5 Å². The maximum Gasteiger partial charge on any atom is 0.319 e. The van der Waals surface area contributed by atoms with Crippen LogP contribution in [0.5, 0.6) is 0 Å². The Labute approximate surface area is 206 Å². The molecule has 0 aromatic heterocycles. The van der Waals surface area contributed by atoms with Gasteiger partial charge in [-0.25, -0.2) is 4.79 Å². The van der Waals surface area contributed by atoms with E-state index < -0.39 is 0 Å². The van der Waals surface area contributed by atoms with Crippen molar-refractivity contribution < 1.29 is 19.4 Å². The van der Waals surface area contributed by atoms with E-state index in [0.29, 0.717) is 43.1 Å². The fourth-order valence-electron chi connectivity index (χ4n) is 5.64. The lowest BCUT2D eigenvalue weighted by Gasteiger charge is -2.45. The Balaban J connectivity index is 1.41. The molecule has 4 unspecified atom stereocenters. The highest BCUT2D eigenvalue weighted by Crippen LogP contribution is 2.30. The molecule has 1 aliphatic carbocycles. The average molecular weight is 493 g/mol. The summed E-state index contributed by atoms with van der Waals surface area (Å²) in [6.45, 7) is 2.03. The maximum absolute atomic E-state index is 13.3. The molecule has 1 saturated carbocycles. The Morgan fingerprint density at radius 3 is 2.47 bits per heavy atom. The van der Waals surface area contributed by atoms with Gasteiger partial charge in [-0.15, -0.1) is 0 Å². The van der Waals surface area contributed by atoms with Crippen molar-refractivity contribution in [2.75, 3.05) is 32.1 Å². The molecular weight excluding hydrogens is 456 g/mol. The number of urea groups is 1. The summed E-state index contributed by atoms with van der Waals surface area (Å²) < 4.78 is 5.50. The van der Waals surface area contributed by atoms with Crippen molar-refractivity contribution in [3.05, 3.63) is 29.3 Å². The molecule has 4 N–H and O–H groups in total. The fraction of sp³-hybridized carbons (Fsp3) is 0.680. The Morgan fingerprint density at radius 2 is 1.82 bits per heavy atom. The van der Waals surface area contributed by atoms with E-state index >= 15 is 0 Å². The zero-order chi connectivity index (χ0) is 24.1. The van der Waals surface area contributed by atoms with Gasteiger partial charge in [0.25, 0.3) is 0 Å². The maximum atomic E-state index is 13.3. The first kappa shape index (κ1) is 25.2. The first-order valence-electron chi connectivity index (χ1n) is 12.5. The van der Waals surface area contributed by atoms with E-state index in [2.05, 4.69) is 16.0 Å². The van der Waals surface area contributed by atoms with E-state index in [1.165, 1.54) is 0 Å². The third kappa shape index (κ3) is 6.42. The molecule has 1 aromatic carbocycles. The van der Waals surface area contributed by atoms with Gasteiger partial charge in [-0.05, 0) is 69.2 Å². The number of piperidine rings is 2. The number of anilines is 1. The Bertz CT molecular complexity index is 823. The van der Waals surface area contributed by atoms with E-state index in [1.807, 2.05) is 4.90 Å². The van der Waals surface area contributed by atoms with Crippen molar-refractivity contribution in [2.45, 2.75) is 69.2 Å². The number of carbonyl (C=O) groups excluding carboxylic acids is 2. The molecule has 8 nitrogen and oxygen atoms in total. The summed E-state index contributed by atoms with van der Waals surface area (Å²) in [5.74, 6) is 0.311. The summed E-state index contributed by atoms with van der Waals surface area (Å²) in [5, 5.41) is 20.1.